The van der Waals surface area contributed by atoms with Crippen LogP contribution in [0.2, 0.25) is 0 Å². The summed E-state index contributed by atoms with van der Waals surface area (Å²) in [5, 5.41) is 0. The Balaban J connectivity index is 0.00000169. The van der Waals surface area contributed by atoms with Gasteiger partial charge in [0.25, 0.3) is 0 Å². The largest absolute Gasteiger partial charge is 1.00 e. The van der Waals surface area contributed by atoms with Crippen molar-refractivity contribution in [3.8, 4) is 0 Å². The van der Waals surface area contributed by atoms with Crippen LogP contribution in [0.3, 0.4) is 0 Å². The second-order valence-corrected chi connectivity index (χ2v) is 2.55. The predicted octanol–water partition coefficient (Wildman–Crippen LogP) is -2.51. The third kappa shape index (κ3) is 3.91. The third-order valence-corrected chi connectivity index (χ3v) is 1.63. The highest BCUT2D eigenvalue weighted by molar-refractivity contribution is 5.80. The molecule has 0 N–H and O–H groups in total. The van der Waals surface area contributed by atoms with Crippen molar-refractivity contribution in [1.29, 1.82) is 0 Å². The fourth-order valence-corrected chi connectivity index (χ4v) is 0.899. The summed E-state index contributed by atoms with van der Waals surface area (Å²) >= 11 is 0. The van der Waals surface area contributed by atoms with Gasteiger partial charge in [-0.15, -0.1) is 0 Å². The highest BCUT2D eigenvalue weighted by Gasteiger charge is 2.02. The molecule has 0 amide bonds. The summed E-state index contributed by atoms with van der Waals surface area (Å²) in [7, 11) is 0. The van der Waals surface area contributed by atoms with E-state index in [4.69, 9.17) is 4.74 Å². The number of ether oxygens (including phenoxy) is 1. The van der Waals surface area contributed by atoms with Crippen molar-refractivity contribution < 1.29 is 38.1 Å². The van der Waals surface area contributed by atoms with Gasteiger partial charge in [0.05, 0.1) is 6.54 Å². The van der Waals surface area contributed by atoms with Gasteiger partial charge in [0, 0.05) is 6.08 Å². The number of esters is 1. The fraction of sp³-hybridized carbons (Fsp3) is 0.333. The molecule has 1 aromatic heterocycles. The Morgan fingerprint density at radius 3 is 2.93 bits per heavy atom. The van der Waals surface area contributed by atoms with Gasteiger partial charge in [0.15, 0.2) is 0 Å². The Bertz CT molecular complexity index is 310. The zero-order valence-electron chi connectivity index (χ0n) is 8.02. The number of carbonyl (C=O) groups excluding carboxylic acids is 1. The van der Waals surface area contributed by atoms with Gasteiger partial charge >= 0.3 is 5.97 Å². The molecule has 0 spiro atoms. The van der Waals surface area contributed by atoms with Crippen LogP contribution in [-0.2, 0) is 22.8 Å². The Labute approximate surface area is 100 Å². The second-order valence-electron chi connectivity index (χ2n) is 2.55. The highest BCUT2D eigenvalue weighted by Crippen LogP contribution is 1.84. The maximum atomic E-state index is 10.7. The van der Waals surface area contributed by atoms with Crippen molar-refractivity contribution in [1.82, 2.24) is 4.57 Å². The average Bonchev–Trinajstić information content (AvgIpc) is 2.61. The first-order valence-corrected chi connectivity index (χ1v) is 4.10. The van der Waals surface area contributed by atoms with Gasteiger partial charge in [-0.2, -0.15) is 0 Å². The summed E-state index contributed by atoms with van der Waals surface area (Å²) in [5.41, 5.74) is 0. The number of hydrogen-bond acceptors (Lipinski definition) is 2. The molecule has 0 atom stereocenters. The molecule has 1 heterocycles. The summed E-state index contributed by atoms with van der Waals surface area (Å²) in [6.07, 6.45) is 6.79. The molecule has 1 rings (SSSR count). The number of nitrogens with zero attached hydrogens (tertiary/aromatic N) is 2. The number of hydrogen-bond donors (Lipinski definition) is 0. The number of rotatable bonds is 4. The van der Waals surface area contributed by atoms with E-state index in [9.17, 15) is 4.79 Å². The molecule has 78 valence electrons. The molecule has 5 heteroatoms. The quantitative estimate of drug-likeness (QED) is 0.266. The van der Waals surface area contributed by atoms with Gasteiger partial charge in [-0.05, 0) is 6.92 Å². The van der Waals surface area contributed by atoms with Crippen LogP contribution in [0.15, 0.2) is 31.4 Å². The minimum absolute atomic E-state index is 0. The van der Waals surface area contributed by atoms with Crippen molar-refractivity contribution in [3.05, 3.63) is 31.4 Å². The minimum Gasteiger partial charge on any atom is -1.00 e. The van der Waals surface area contributed by atoms with E-state index in [0.717, 1.165) is 12.6 Å². The third-order valence-electron chi connectivity index (χ3n) is 1.63. The van der Waals surface area contributed by atoms with Gasteiger partial charge in [0.2, 0.25) is 13.1 Å². The standard InChI is InChI=1S/C9H13N2O2.HI/c1-3-9(12)13-8-11-6-5-10(4-2)7-11;/h3,5-7H,1,4,8H2,2H3;1H/q+1;/p-1. The van der Waals surface area contributed by atoms with Gasteiger partial charge in [0.1, 0.15) is 12.4 Å². The molecule has 0 saturated heterocycles. The van der Waals surface area contributed by atoms with Gasteiger partial charge in [-0.1, -0.05) is 6.58 Å². The molecule has 0 saturated carbocycles. The van der Waals surface area contributed by atoms with E-state index >= 15 is 0 Å². The van der Waals surface area contributed by atoms with Crippen LogP contribution in [0.25, 0.3) is 0 Å². The first kappa shape index (κ1) is 13.2. The average molecular weight is 308 g/mol. The van der Waals surface area contributed by atoms with Crippen LogP contribution in [0.5, 0.6) is 0 Å². The zero-order valence-corrected chi connectivity index (χ0v) is 10.2. The molecular weight excluding hydrogens is 295 g/mol. The molecule has 0 radical (unpaired) electrons. The lowest BCUT2D eigenvalue weighted by Crippen LogP contribution is -3.00. The summed E-state index contributed by atoms with van der Waals surface area (Å²) in [6, 6.07) is 0. The van der Waals surface area contributed by atoms with Crippen LogP contribution >= 0.6 is 0 Å². The Kier molecular flexibility index (Phi) is 6.18. The molecule has 0 aliphatic rings. The molecular formula is C9H13IN2O2. The van der Waals surface area contributed by atoms with Crippen LogP contribution in [0, 0.1) is 0 Å². The lowest BCUT2D eigenvalue weighted by molar-refractivity contribution is -0.727. The number of aryl methyl sites for hydroxylation is 1. The maximum Gasteiger partial charge on any atom is 0.333 e. The monoisotopic (exact) mass is 308 g/mol. The minimum atomic E-state index is -0.406. The molecule has 0 aliphatic carbocycles. The lowest BCUT2D eigenvalue weighted by Gasteiger charge is -1.96. The van der Waals surface area contributed by atoms with Crippen LogP contribution in [0.4, 0.5) is 0 Å². The van der Waals surface area contributed by atoms with E-state index < -0.39 is 5.97 Å². The van der Waals surface area contributed by atoms with Crippen molar-refractivity contribution in [2.24, 2.45) is 0 Å². The highest BCUT2D eigenvalue weighted by atomic mass is 127. The fourth-order valence-electron chi connectivity index (χ4n) is 0.899. The normalized spacial score (nSPS) is 8.93. The number of aromatic nitrogens is 2. The molecule has 0 unspecified atom stereocenters. The topological polar surface area (TPSA) is 35.1 Å². The molecule has 0 aliphatic heterocycles. The molecule has 4 nitrogen and oxygen atoms in total. The maximum absolute atomic E-state index is 10.7. The smallest absolute Gasteiger partial charge is 0.333 e. The number of halogens is 1. The van der Waals surface area contributed by atoms with E-state index in [0.29, 0.717) is 0 Å². The van der Waals surface area contributed by atoms with Crippen molar-refractivity contribution >= 4 is 5.97 Å². The van der Waals surface area contributed by atoms with E-state index in [2.05, 4.69) is 6.58 Å². The predicted molar refractivity (Wildman–Crippen MR) is 46.6 cm³/mol. The summed E-state index contributed by atoms with van der Waals surface area (Å²) in [6.45, 7) is 6.49. The van der Waals surface area contributed by atoms with Gasteiger partial charge in [-0.25, -0.2) is 13.9 Å². The number of imidazole rings is 1. The van der Waals surface area contributed by atoms with E-state index in [1.54, 1.807) is 4.57 Å². The first-order valence-electron chi connectivity index (χ1n) is 4.10. The summed E-state index contributed by atoms with van der Waals surface area (Å²) < 4.78 is 8.60. The molecule has 1 aromatic rings. The van der Waals surface area contributed by atoms with E-state index in [-0.39, 0.29) is 30.7 Å². The molecule has 0 bridgehead atoms. The lowest BCUT2D eigenvalue weighted by atomic mass is 10.7. The van der Waals surface area contributed by atoms with Crippen molar-refractivity contribution in [2.75, 3.05) is 0 Å². The van der Waals surface area contributed by atoms with Gasteiger partial charge < -0.3 is 28.7 Å². The number of carbonyl (C=O) groups is 1. The summed E-state index contributed by atoms with van der Waals surface area (Å²) in [4.78, 5) is 10.7. The van der Waals surface area contributed by atoms with Crippen molar-refractivity contribution in [2.45, 2.75) is 20.2 Å². The summed E-state index contributed by atoms with van der Waals surface area (Å²) in [5.74, 6) is -0.406. The Morgan fingerprint density at radius 1 is 1.71 bits per heavy atom. The van der Waals surface area contributed by atoms with E-state index in [1.807, 2.05) is 30.2 Å². The molecule has 0 fully saturated rings. The Morgan fingerprint density at radius 2 is 2.43 bits per heavy atom. The van der Waals surface area contributed by atoms with E-state index in [1.165, 1.54) is 0 Å². The second kappa shape index (κ2) is 6.58. The first-order chi connectivity index (χ1) is 6.26. The Hall–Kier alpha value is -0.850. The SMILES string of the molecule is C=CC(=O)OC[n+]1ccn(CC)c1.[I-]. The van der Waals surface area contributed by atoms with Gasteiger partial charge in [-0.3, -0.25) is 0 Å². The molecule has 14 heavy (non-hydrogen) atoms. The van der Waals surface area contributed by atoms with Crippen LogP contribution < -0.4 is 28.5 Å². The van der Waals surface area contributed by atoms with Crippen molar-refractivity contribution in [3.63, 3.8) is 0 Å². The molecule has 0 aromatic carbocycles. The van der Waals surface area contributed by atoms with Crippen LogP contribution in [-0.4, -0.2) is 10.5 Å². The van der Waals surface area contributed by atoms with Crippen LogP contribution in [0.1, 0.15) is 6.92 Å². The zero-order chi connectivity index (χ0) is 9.68.